The van der Waals surface area contributed by atoms with E-state index in [1.54, 1.807) is 0 Å². The number of hydrogen-bond donors (Lipinski definition) is 7. The molecule has 0 bridgehead atoms. The monoisotopic (exact) mass is 921 g/mol. The Bertz CT molecular complexity index is 2000. The summed E-state index contributed by atoms with van der Waals surface area (Å²) >= 11 is 0.759. The molecule has 1 aliphatic heterocycles. The second-order valence-electron chi connectivity index (χ2n) is 14.0. The van der Waals surface area contributed by atoms with E-state index in [9.17, 15) is 67.8 Å². The molecular weight excluding hydrogens is 879 g/mol. The van der Waals surface area contributed by atoms with Crippen LogP contribution in [0.25, 0.3) is 11.2 Å². The average molecular weight is 922 g/mol. The van der Waals surface area contributed by atoms with Gasteiger partial charge in [0.25, 0.3) is 15.6 Å². The minimum absolute atomic E-state index is 0.00412. The molecule has 1 aliphatic rings. The van der Waals surface area contributed by atoms with Crippen LogP contribution in [-0.4, -0.2) is 125 Å². The number of phosphoric acid groups is 3. The number of nitrogens with two attached hydrogens (primary N) is 1. The Morgan fingerprint density at radius 3 is 2.32 bits per heavy atom. The molecule has 0 spiro atoms. The zero-order valence-electron chi connectivity index (χ0n) is 31.6. The van der Waals surface area contributed by atoms with E-state index in [0.29, 0.717) is 0 Å². The summed E-state index contributed by atoms with van der Waals surface area (Å²) in [5.74, 6) is -2.94. The summed E-state index contributed by atoms with van der Waals surface area (Å²) in [6.45, 7) is 2.02. The lowest BCUT2D eigenvalue weighted by Gasteiger charge is -2.36. The number of thioether (sulfide) groups is 1. The van der Waals surface area contributed by atoms with Crippen molar-refractivity contribution in [1.82, 2.24) is 30.2 Å². The van der Waals surface area contributed by atoms with Crippen LogP contribution >= 0.6 is 35.2 Å². The van der Waals surface area contributed by atoms with Gasteiger partial charge in [-0.25, -0.2) is 19.3 Å². The molecule has 3 heterocycles. The van der Waals surface area contributed by atoms with E-state index in [2.05, 4.69) is 43.5 Å². The number of carboxylic acid groups (broad SMARTS) is 1. The third kappa shape index (κ3) is 14.8. The van der Waals surface area contributed by atoms with Crippen LogP contribution in [0.4, 0.5) is 5.82 Å². The molecule has 3 rings (SSSR count). The minimum atomic E-state index is -5.97. The highest BCUT2D eigenvalue weighted by molar-refractivity contribution is 8.13. The first-order chi connectivity index (χ1) is 27.0. The van der Waals surface area contributed by atoms with E-state index >= 15 is 0 Å². The number of aromatic nitrogens is 4. The van der Waals surface area contributed by atoms with Gasteiger partial charge in [-0.1, -0.05) is 25.6 Å². The van der Waals surface area contributed by atoms with Crippen LogP contribution in [0.5, 0.6) is 0 Å². The van der Waals surface area contributed by atoms with Crippen molar-refractivity contribution < 1.29 is 95.5 Å². The first-order valence-corrected chi connectivity index (χ1v) is 22.3. The number of anilines is 1. The van der Waals surface area contributed by atoms with Crippen LogP contribution in [0.15, 0.2) is 12.7 Å². The van der Waals surface area contributed by atoms with E-state index in [1.165, 1.54) is 6.92 Å². The summed E-state index contributed by atoms with van der Waals surface area (Å²) < 4.78 is 61.0. The topological polar surface area (TPSA) is 432 Å². The van der Waals surface area contributed by atoms with Gasteiger partial charge in [-0.15, -0.1) is 0 Å². The maximum atomic E-state index is 12.6. The highest BCUT2D eigenvalue weighted by Crippen LogP contribution is 2.56. The molecule has 2 amide bonds. The summed E-state index contributed by atoms with van der Waals surface area (Å²) in [5, 5.41) is 44.5. The maximum absolute atomic E-state index is 12.6. The third-order valence-corrected chi connectivity index (χ3v) is 12.2. The smallest absolute Gasteiger partial charge is 0.306 e. The highest BCUT2D eigenvalue weighted by atomic mass is 32.2. The van der Waals surface area contributed by atoms with Crippen molar-refractivity contribution >= 4 is 75.1 Å². The molecule has 1 saturated heterocycles. The number of amides is 2. The van der Waals surface area contributed by atoms with E-state index in [1.807, 2.05) is 0 Å². The van der Waals surface area contributed by atoms with E-state index in [-0.39, 0.29) is 42.2 Å². The summed E-state index contributed by atoms with van der Waals surface area (Å²) in [5.41, 5.74) is 0.173. The van der Waals surface area contributed by atoms with Crippen LogP contribution in [0.2, 0.25) is 0 Å². The van der Waals surface area contributed by atoms with Crippen molar-refractivity contribution in [3.63, 3.8) is 0 Å². The van der Waals surface area contributed by atoms with Gasteiger partial charge >= 0.3 is 5.97 Å². The van der Waals surface area contributed by atoms with Gasteiger partial charge in [-0.2, -0.15) is 0 Å². The van der Waals surface area contributed by atoms with Gasteiger partial charge in [0.1, 0.15) is 36.3 Å². The Labute approximate surface area is 338 Å². The molecule has 0 aliphatic carbocycles. The number of carbonyl (C=O) groups is 4. The second kappa shape index (κ2) is 19.8. The number of aliphatic hydroxyl groups excluding tert-OH is 2. The van der Waals surface area contributed by atoms with Gasteiger partial charge < -0.3 is 79.2 Å². The van der Waals surface area contributed by atoms with Gasteiger partial charge in [0, 0.05) is 37.1 Å². The number of phosphoric ester groups is 3. The number of fused-ring (bicyclic) bond motifs is 1. The Kier molecular flexibility index (Phi) is 16.9. The fourth-order valence-corrected chi connectivity index (χ4v) is 8.91. The molecule has 1 fully saturated rings. The number of carbonyl (C=O) groups excluding carboxylic acids is 3. The van der Waals surface area contributed by atoms with Crippen molar-refractivity contribution in [2.24, 2.45) is 5.41 Å². The number of hydrogen-bond acceptors (Lipinski definition) is 24. The van der Waals surface area contributed by atoms with Crippen molar-refractivity contribution in [1.29, 1.82) is 0 Å². The lowest BCUT2D eigenvalue weighted by atomic mass is 9.87. The molecule has 8 N–H and O–H groups in total. The molecule has 27 nitrogen and oxygen atoms in total. The zero-order chi connectivity index (χ0) is 44.8. The second-order valence-corrected chi connectivity index (χ2v) is 19.2. The number of nitrogens with one attached hydrogen (secondary N) is 2. The Morgan fingerprint density at radius 2 is 1.69 bits per heavy atom. The van der Waals surface area contributed by atoms with Crippen molar-refractivity contribution in [3.8, 4) is 0 Å². The number of nitrogens with zero attached hydrogens (tertiary/aromatic N) is 4. The van der Waals surface area contributed by atoms with Crippen LogP contribution in [0.1, 0.15) is 47.0 Å². The number of aliphatic hydroxyl groups is 3. The molecule has 0 saturated carbocycles. The Morgan fingerprint density at radius 1 is 1.05 bits per heavy atom. The first-order valence-electron chi connectivity index (χ1n) is 16.9. The zero-order valence-corrected chi connectivity index (χ0v) is 35.1. The summed E-state index contributed by atoms with van der Waals surface area (Å²) in [7, 11) is -17.7. The SMILES string of the molecule is CC(C)(COP(=O)([O-])OP(=O)([O-])OCC1OC(C)(n2cnc3c(N)ncnc32)C(O)C1OP(=O)([O-])[O-])C(O)C(=O)NCCC(=O)NCCSC(=O)C[C@@](C)(O)CC(=O)O. The first kappa shape index (κ1) is 50.3. The Balaban J connectivity index is 1.49. The third-order valence-electron chi connectivity index (χ3n) is 8.28. The maximum Gasteiger partial charge on any atom is 0.306 e. The highest BCUT2D eigenvalue weighted by Gasteiger charge is 2.55. The van der Waals surface area contributed by atoms with Gasteiger partial charge in [0.15, 0.2) is 22.3 Å². The number of aliphatic carboxylic acids is 1. The molecule has 7 unspecified atom stereocenters. The molecule has 59 heavy (non-hydrogen) atoms. The van der Waals surface area contributed by atoms with Crippen molar-refractivity contribution in [2.75, 3.05) is 37.8 Å². The molecule has 8 atom stereocenters. The average Bonchev–Trinajstić information content (AvgIpc) is 3.63. The van der Waals surface area contributed by atoms with Gasteiger partial charge in [-0.3, -0.25) is 32.9 Å². The largest absolute Gasteiger partial charge is 0.790 e. The van der Waals surface area contributed by atoms with Crippen LogP contribution in [-0.2, 0) is 61.2 Å². The minimum Gasteiger partial charge on any atom is -0.790 e. The Hall–Kier alpha value is -3.01. The molecule has 2 aromatic heterocycles. The van der Waals surface area contributed by atoms with E-state index in [4.69, 9.17) is 15.6 Å². The molecule has 0 radical (unpaired) electrons. The van der Waals surface area contributed by atoms with Crippen LogP contribution in [0, 0.1) is 5.41 Å². The van der Waals surface area contributed by atoms with Crippen molar-refractivity contribution in [2.45, 2.75) is 82.7 Å². The van der Waals surface area contributed by atoms with Crippen LogP contribution in [0.3, 0.4) is 0 Å². The summed E-state index contributed by atoms with van der Waals surface area (Å²) in [4.78, 5) is 107. The number of carboxylic acids is 1. The quantitative estimate of drug-likeness (QED) is 0.0412. The predicted molar refractivity (Wildman–Crippen MR) is 190 cm³/mol. The van der Waals surface area contributed by atoms with Crippen LogP contribution < -0.4 is 35.9 Å². The lowest BCUT2D eigenvalue weighted by molar-refractivity contribution is -0.347. The molecule has 2 aromatic rings. The van der Waals surface area contributed by atoms with Gasteiger partial charge in [0.2, 0.25) is 11.8 Å². The van der Waals surface area contributed by atoms with Gasteiger partial charge in [-0.05, 0) is 13.8 Å². The molecular formula is C28H42N7O20P3S-4. The molecule has 31 heteroatoms. The number of imidazole rings is 1. The molecule has 0 aromatic carbocycles. The van der Waals surface area contributed by atoms with Gasteiger partial charge in [0.05, 0.1) is 39.4 Å². The standard InChI is InChI=1S/C28H46N7O20P3S/c1-26(2,22(41)25(42)31-6-5-16(36)30-7-8-59-18(39)10-27(3,43)9-17(37)38)12-52-58(49,50)55-57(47,48)51-11-15-20(54-56(44,45)46)21(40)28(4,53-15)35-14-34-19-23(29)32-13-33-24(19)35/h13-15,20-22,40-41,43H,5-12H2,1-4H3,(H,30,36)(H,31,42)(H,37,38)(H,47,48)(H,49,50)(H2,29,32,33)(H2,44,45,46)/p-4/t15?,20?,21?,22?,27-,28?/m0/s1. The fraction of sp³-hybridized carbons (Fsp3) is 0.679. The number of ether oxygens (including phenoxy) is 1. The number of nitrogen functional groups attached to an aromatic ring is 1. The summed E-state index contributed by atoms with van der Waals surface area (Å²) in [6.07, 6.45) is -7.39. The normalized spacial score (nSPS) is 23.5. The van der Waals surface area contributed by atoms with Crippen molar-refractivity contribution in [3.05, 3.63) is 12.7 Å². The van der Waals surface area contributed by atoms with E-state index < -0.39 is 114 Å². The lowest BCUT2D eigenvalue weighted by Crippen LogP contribution is -2.46. The van der Waals surface area contributed by atoms with E-state index in [0.717, 1.165) is 49.8 Å². The predicted octanol–water partition coefficient (Wildman–Crippen LogP) is -4.07. The fourth-order valence-electron chi connectivity index (χ4n) is 5.34. The summed E-state index contributed by atoms with van der Waals surface area (Å²) in [6, 6.07) is 0. The molecule has 334 valence electrons. The number of rotatable bonds is 23.